The van der Waals surface area contributed by atoms with E-state index in [-0.39, 0.29) is 12.1 Å². The van der Waals surface area contributed by atoms with Crippen molar-refractivity contribution in [3.63, 3.8) is 0 Å². The molecule has 9 nitrogen and oxygen atoms in total. The fourth-order valence-electron chi connectivity index (χ4n) is 3.99. The molecule has 0 unspecified atom stereocenters. The van der Waals surface area contributed by atoms with Crippen molar-refractivity contribution >= 4 is 27.9 Å². The van der Waals surface area contributed by atoms with Crippen molar-refractivity contribution in [2.75, 3.05) is 26.0 Å². The minimum Gasteiger partial charge on any atom is -0.383 e. The Balaban J connectivity index is 1.54. The van der Waals surface area contributed by atoms with Gasteiger partial charge in [0.2, 0.25) is 0 Å². The lowest BCUT2D eigenvalue weighted by Crippen LogP contribution is -2.25. The second-order valence-electron chi connectivity index (χ2n) is 7.51. The summed E-state index contributed by atoms with van der Waals surface area (Å²) < 4.78 is 9.17. The number of aromatic nitrogens is 6. The molecule has 1 aliphatic rings. The van der Waals surface area contributed by atoms with Crippen LogP contribution in [0.25, 0.3) is 22.1 Å². The molecule has 0 bridgehead atoms. The summed E-state index contributed by atoms with van der Waals surface area (Å²) >= 11 is 0. The Bertz CT molecular complexity index is 1300. The lowest BCUT2D eigenvalue weighted by molar-refractivity contribution is 0.172. The van der Waals surface area contributed by atoms with Gasteiger partial charge in [-0.15, -0.1) is 0 Å². The summed E-state index contributed by atoms with van der Waals surface area (Å²) in [5.41, 5.74) is 10.3. The molecule has 152 valence electrons. The Hall–Kier alpha value is -3.48. The van der Waals surface area contributed by atoms with Gasteiger partial charge in [0.15, 0.2) is 5.65 Å². The maximum Gasteiger partial charge on any atom is 0.164 e. The zero-order valence-corrected chi connectivity index (χ0v) is 16.8. The molecular weight excluding hydrogens is 380 g/mol. The number of methoxy groups -OCH3 is 1. The number of nitrogens with two attached hydrogens (primary N) is 1. The third-order valence-corrected chi connectivity index (χ3v) is 5.48. The van der Waals surface area contributed by atoms with Crippen molar-refractivity contribution in [1.29, 1.82) is 0 Å². The number of benzene rings is 1. The standard InChI is InChI=1S/C21H22N8O/c1-28-12-26-17-7-13(4-6-18(17)28)3-5-16-19-20(22)24-11-25-21(19)29(27-16)15-8-14(10-30-2)23-9-15/h4,6-7,11-12,14-15,23H,8-10H2,1-2H3,(H2,22,24,25)/t14-,15+/m1/s1. The lowest BCUT2D eigenvalue weighted by Gasteiger charge is -2.10. The van der Waals surface area contributed by atoms with Crippen molar-refractivity contribution < 1.29 is 4.74 Å². The van der Waals surface area contributed by atoms with E-state index in [0.29, 0.717) is 29.2 Å². The van der Waals surface area contributed by atoms with E-state index in [1.54, 1.807) is 13.4 Å². The highest BCUT2D eigenvalue weighted by atomic mass is 16.5. The largest absolute Gasteiger partial charge is 0.383 e. The molecule has 4 aromatic rings. The summed E-state index contributed by atoms with van der Waals surface area (Å²) in [7, 11) is 3.68. The van der Waals surface area contributed by atoms with Crippen LogP contribution >= 0.6 is 0 Å². The van der Waals surface area contributed by atoms with Gasteiger partial charge in [0.05, 0.1) is 35.4 Å². The summed E-state index contributed by atoms with van der Waals surface area (Å²) in [5.74, 6) is 6.75. The minimum absolute atomic E-state index is 0.155. The molecule has 2 atom stereocenters. The van der Waals surface area contributed by atoms with Gasteiger partial charge in [-0.05, 0) is 30.5 Å². The Morgan fingerprint density at radius 2 is 2.17 bits per heavy atom. The number of nitrogen functional groups attached to an aromatic ring is 1. The van der Waals surface area contributed by atoms with Crippen LogP contribution in [0, 0.1) is 11.8 Å². The predicted molar refractivity (Wildman–Crippen MR) is 114 cm³/mol. The van der Waals surface area contributed by atoms with E-state index < -0.39 is 0 Å². The average Bonchev–Trinajstić information content (AvgIpc) is 3.45. The first-order valence-corrected chi connectivity index (χ1v) is 9.78. The van der Waals surface area contributed by atoms with Crippen LogP contribution in [0.1, 0.15) is 23.7 Å². The summed E-state index contributed by atoms with van der Waals surface area (Å²) in [4.78, 5) is 13.0. The molecule has 30 heavy (non-hydrogen) atoms. The van der Waals surface area contributed by atoms with Gasteiger partial charge in [-0.3, -0.25) is 0 Å². The number of nitrogens with one attached hydrogen (secondary N) is 1. The Kier molecular flexibility index (Phi) is 4.58. The molecule has 0 saturated carbocycles. The quantitative estimate of drug-likeness (QED) is 0.496. The monoisotopic (exact) mass is 402 g/mol. The molecule has 3 N–H and O–H groups in total. The lowest BCUT2D eigenvalue weighted by atomic mass is 10.2. The van der Waals surface area contributed by atoms with Gasteiger partial charge < -0.3 is 20.4 Å². The summed E-state index contributed by atoms with van der Waals surface area (Å²) in [6, 6.07) is 6.41. The van der Waals surface area contributed by atoms with E-state index in [0.717, 1.165) is 29.6 Å². The van der Waals surface area contributed by atoms with Gasteiger partial charge in [-0.1, -0.05) is 5.92 Å². The molecule has 1 saturated heterocycles. The number of hydrogen-bond acceptors (Lipinski definition) is 7. The number of aryl methyl sites for hydroxylation is 1. The van der Waals surface area contributed by atoms with Crippen LogP contribution in [-0.4, -0.2) is 55.6 Å². The molecule has 4 heterocycles. The normalized spacial score (nSPS) is 18.7. The summed E-state index contributed by atoms with van der Waals surface area (Å²) in [6.45, 7) is 1.45. The van der Waals surface area contributed by atoms with Crippen molar-refractivity contribution in [3.8, 4) is 11.8 Å². The van der Waals surface area contributed by atoms with E-state index in [2.05, 4.69) is 32.1 Å². The van der Waals surface area contributed by atoms with E-state index in [1.807, 2.05) is 34.5 Å². The first-order chi connectivity index (χ1) is 14.6. The molecule has 0 amide bonds. The third kappa shape index (κ3) is 3.16. The number of hydrogen-bond donors (Lipinski definition) is 2. The Morgan fingerprint density at radius 1 is 1.27 bits per heavy atom. The van der Waals surface area contributed by atoms with Crippen LogP contribution in [0.5, 0.6) is 0 Å². The van der Waals surface area contributed by atoms with E-state index >= 15 is 0 Å². The van der Waals surface area contributed by atoms with Crippen LogP contribution in [0.15, 0.2) is 30.9 Å². The molecule has 1 fully saturated rings. The average molecular weight is 402 g/mol. The highest BCUT2D eigenvalue weighted by Gasteiger charge is 2.28. The zero-order chi connectivity index (χ0) is 20.7. The number of imidazole rings is 1. The van der Waals surface area contributed by atoms with Crippen molar-refractivity contribution in [3.05, 3.63) is 42.1 Å². The number of fused-ring (bicyclic) bond motifs is 2. The first kappa shape index (κ1) is 18.5. The molecule has 1 aromatic carbocycles. The zero-order valence-electron chi connectivity index (χ0n) is 16.8. The highest BCUT2D eigenvalue weighted by molar-refractivity contribution is 5.90. The smallest absolute Gasteiger partial charge is 0.164 e. The topological polar surface area (TPSA) is 109 Å². The van der Waals surface area contributed by atoms with Gasteiger partial charge in [-0.25, -0.2) is 19.6 Å². The van der Waals surface area contributed by atoms with Crippen LogP contribution in [0.4, 0.5) is 5.82 Å². The van der Waals surface area contributed by atoms with Gasteiger partial charge in [0.25, 0.3) is 0 Å². The van der Waals surface area contributed by atoms with Gasteiger partial charge in [0.1, 0.15) is 17.8 Å². The summed E-state index contributed by atoms with van der Waals surface area (Å²) in [6.07, 6.45) is 4.16. The van der Waals surface area contributed by atoms with Gasteiger partial charge in [-0.2, -0.15) is 5.10 Å². The molecular formula is C21H22N8O. The van der Waals surface area contributed by atoms with E-state index in [1.165, 1.54) is 6.33 Å². The Morgan fingerprint density at radius 3 is 3.03 bits per heavy atom. The van der Waals surface area contributed by atoms with Crippen molar-refractivity contribution in [1.82, 2.24) is 34.6 Å². The first-order valence-electron chi connectivity index (χ1n) is 9.78. The fraction of sp³-hybridized carbons (Fsp3) is 0.333. The number of rotatable bonds is 3. The maximum absolute atomic E-state index is 6.17. The molecule has 3 aromatic heterocycles. The molecule has 5 rings (SSSR count). The van der Waals surface area contributed by atoms with Crippen molar-refractivity contribution in [2.45, 2.75) is 18.5 Å². The van der Waals surface area contributed by atoms with Crippen LogP contribution in [-0.2, 0) is 11.8 Å². The number of nitrogens with zero attached hydrogens (tertiary/aromatic N) is 6. The van der Waals surface area contributed by atoms with Crippen molar-refractivity contribution in [2.24, 2.45) is 7.05 Å². The molecule has 1 aliphatic heterocycles. The van der Waals surface area contributed by atoms with E-state index in [9.17, 15) is 0 Å². The SMILES string of the molecule is COC[C@H]1C[C@H](n2nc(C#Cc3ccc4c(c3)ncn4C)c3c(N)ncnc32)CN1. The fourth-order valence-corrected chi connectivity index (χ4v) is 3.99. The van der Waals surface area contributed by atoms with Crippen LogP contribution in [0.2, 0.25) is 0 Å². The highest BCUT2D eigenvalue weighted by Crippen LogP contribution is 2.27. The van der Waals surface area contributed by atoms with Gasteiger partial charge in [0, 0.05) is 32.3 Å². The van der Waals surface area contributed by atoms with Crippen LogP contribution in [0.3, 0.4) is 0 Å². The second-order valence-corrected chi connectivity index (χ2v) is 7.51. The molecule has 0 spiro atoms. The minimum atomic E-state index is 0.155. The number of anilines is 1. The molecule has 0 radical (unpaired) electrons. The molecule has 9 heteroatoms. The number of ether oxygens (including phenoxy) is 1. The Labute approximate surface area is 173 Å². The van der Waals surface area contributed by atoms with E-state index in [4.69, 9.17) is 15.6 Å². The third-order valence-electron chi connectivity index (χ3n) is 5.48. The summed E-state index contributed by atoms with van der Waals surface area (Å²) in [5, 5.41) is 8.93. The second kappa shape index (κ2) is 7.40. The maximum atomic E-state index is 6.17. The molecule has 0 aliphatic carbocycles. The van der Waals surface area contributed by atoms with Crippen LogP contribution < -0.4 is 11.1 Å². The predicted octanol–water partition coefficient (Wildman–Crippen LogP) is 1.24. The van der Waals surface area contributed by atoms with Gasteiger partial charge >= 0.3 is 0 Å².